The molecule has 3 aromatic rings. The molecule has 19 heavy (non-hydrogen) atoms. The first kappa shape index (κ1) is 12.1. The molecule has 0 unspecified atom stereocenters. The summed E-state index contributed by atoms with van der Waals surface area (Å²) in [6, 6.07) is 14.3. The van der Waals surface area contributed by atoms with Gasteiger partial charge in [0, 0.05) is 10.8 Å². The van der Waals surface area contributed by atoms with Gasteiger partial charge in [-0.3, -0.25) is 0 Å². The third kappa shape index (κ3) is 2.30. The van der Waals surface area contributed by atoms with E-state index in [1.807, 2.05) is 24.3 Å². The van der Waals surface area contributed by atoms with E-state index in [1.165, 1.54) is 0 Å². The fourth-order valence-corrected chi connectivity index (χ4v) is 2.61. The lowest BCUT2D eigenvalue weighted by Crippen LogP contribution is -2.16. The van der Waals surface area contributed by atoms with Crippen LogP contribution in [0, 0.1) is 11.5 Å². The SMILES string of the molecule is C[Si](C)(C)C#Cc1cccc2c1oc1ccccc12. The van der Waals surface area contributed by atoms with Gasteiger partial charge in [-0.2, -0.15) is 0 Å². The zero-order chi connectivity index (χ0) is 13.5. The van der Waals surface area contributed by atoms with Crippen molar-refractivity contribution in [3.05, 3.63) is 48.0 Å². The summed E-state index contributed by atoms with van der Waals surface area (Å²) in [5.41, 5.74) is 6.24. The van der Waals surface area contributed by atoms with Crippen LogP contribution in [0.15, 0.2) is 46.9 Å². The molecule has 0 saturated carbocycles. The minimum atomic E-state index is -1.37. The van der Waals surface area contributed by atoms with Crippen LogP contribution in [0.3, 0.4) is 0 Å². The molecule has 2 aromatic carbocycles. The number of hydrogen-bond acceptors (Lipinski definition) is 1. The molecular weight excluding hydrogens is 248 g/mol. The zero-order valence-electron chi connectivity index (χ0n) is 11.4. The average molecular weight is 264 g/mol. The van der Waals surface area contributed by atoms with Crippen molar-refractivity contribution < 1.29 is 4.42 Å². The maximum Gasteiger partial charge on any atom is 0.151 e. The van der Waals surface area contributed by atoms with Gasteiger partial charge in [0.2, 0.25) is 0 Å². The van der Waals surface area contributed by atoms with Crippen molar-refractivity contribution in [1.82, 2.24) is 0 Å². The smallest absolute Gasteiger partial charge is 0.151 e. The number of para-hydroxylation sites is 2. The average Bonchev–Trinajstić information content (AvgIpc) is 2.74. The number of benzene rings is 2. The predicted octanol–water partition coefficient (Wildman–Crippen LogP) is 4.81. The van der Waals surface area contributed by atoms with Gasteiger partial charge >= 0.3 is 0 Å². The van der Waals surface area contributed by atoms with Gasteiger partial charge in [-0.15, -0.1) is 5.54 Å². The van der Waals surface area contributed by atoms with E-state index >= 15 is 0 Å². The molecule has 3 rings (SSSR count). The molecule has 1 nitrogen and oxygen atoms in total. The highest BCUT2D eigenvalue weighted by Gasteiger charge is 2.10. The van der Waals surface area contributed by atoms with Crippen molar-refractivity contribution in [2.45, 2.75) is 19.6 Å². The quantitative estimate of drug-likeness (QED) is 0.419. The molecule has 0 atom stereocenters. The predicted molar refractivity (Wildman–Crippen MR) is 83.9 cm³/mol. The Balaban J connectivity index is 2.29. The van der Waals surface area contributed by atoms with Gasteiger partial charge in [-0.05, 0) is 12.1 Å². The molecule has 2 heteroatoms. The van der Waals surface area contributed by atoms with E-state index in [1.54, 1.807) is 0 Å². The number of hydrogen-bond donors (Lipinski definition) is 0. The minimum absolute atomic E-state index is 0.912. The molecule has 0 aliphatic heterocycles. The van der Waals surface area contributed by atoms with Crippen LogP contribution in [0.1, 0.15) is 5.56 Å². The molecule has 0 aliphatic rings. The highest BCUT2D eigenvalue weighted by molar-refractivity contribution is 6.83. The molecule has 0 bridgehead atoms. The molecule has 0 aliphatic carbocycles. The van der Waals surface area contributed by atoms with Crippen molar-refractivity contribution in [3.8, 4) is 11.5 Å². The van der Waals surface area contributed by atoms with E-state index in [0.717, 1.165) is 27.5 Å². The van der Waals surface area contributed by atoms with Crippen molar-refractivity contribution >= 4 is 30.0 Å². The normalized spacial score (nSPS) is 11.5. The van der Waals surface area contributed by atoms with E-state index in [4.69, 9.17) is 4.42 Å². The number of furan rings is 1. The first-order chi connectivity index (χ1) is 9.04. The van der Waals surface area contributed by atoms with Crippen LogP contribution >= 0.6 is 0 Å². The largest absolute Gasteiger partial charge is 0.455 e. The molecule has 0 radical (unpaired) electrons. The lowest BCUT2D eigenvalue weighted by Gasteiger charge is -2.03. The maximum atomic E-state index is 5.96. The minimum Gasteiger partial charge on any atom is -0.455 e. The maximum absolute atomic E-state index is 5.96. The Morgan fingerprint density at radius 3 is 2.42 bits per heavy atom. The van der Waals surface area contributed by atoms with Crippen LogP contribution < -0.4 is 0 Å². The lowest BCUT2D eigenvalue weighted by molar-refractivity contribution is 0.668. The summed E-state index contributed by atoms with van der Waals surface area (Å²) < 4.78 is 5.96. The highest BCUT2D eigenvalue weighted by atomic mass is 28.3. The highest BCUT2D eigenvalue weighted by Crippen LogP contribution is 2.30. The first-order valence-electron chi connectivity index (χ1n) is 6.48. The van der Waals surface area contributed by atoms with E-state index in [9.17, 15) is 0 Å². The monoisotopic (exact) mass is 264 g/mol. The molecule has 1 aromatic heterocycles. The summed E-state index contributed by atoms with van der Waals surface area (Å²) in [6.07, 6.45) is 0. The van der Waals surface area contributed by atoms with E-state index in [0.29, 0.717) is 0 Å². The van der Waals surface area contributed by atoms with Gasteiger partial charge in [-0.25, -0.2) is 0 Å². The molecule has 94 valence electrons. The summed E-state index contributed by atoms with van der Waals surface area (Å²) >= 11 is 0. The van der Waals surface area contributed by atoms with E-state index in [-0.39, 0.29) is 0 Å². The molecule has 0 spiro atoms. The fraction of sp³-hybridized carbons (Fsp3) is 0.176. The standard InChI is InChI=1S/C17H16OSi/c1-19(2,3)12-11-13-7-6-9-15-14-8-4-5-10-16(14)18-17(13)15/h4-10H,1-3H3. The third-order valence-electron chi connectivity index (χ3n) is 2.98. The van der Waals surface area contributed by atoms with Crippen molar-refractivity contribution in [2.75, 3.05) is 0 Å². The van der Waals surface area contributed by atoms with E-state index < -0.39 is 8.07 Å². The zero-order valence-corrected chi connectivity index (χ0v) is 12.4. The molecular formula is C17H16OSi. The Morgan fingerprint density at radius 2 is 1.63 bits per heavy atom. The Morgan fingerprint density at radius 1 is 0.895 bits per heavy atom. The second-order valence-electron chi connectivity index (χ2n) is 5.78. The summed E-state index contributed by atoms with van der Waals surface area (Å²) in [5.74, 6) is 3.31. The summed E-state index contributed by atoms with van der Waals surface area (Å²) in [4.78, 5) is 0. The van der Waals surface area contributed by atoms with Gasteiger partial charge in [-0.1, -0.05) is 55.9 Å². The second kappa shape index (κ2) is 4.29. The molecule has 0 N–H and O–H groups in total. The van der Waals surface area contributed by atoms with Crippen LogP contribution in [-0.2, 0) is 0 Å². The first-order valence-corrected chi connectivity index (χ1v) is 9.98. The molecule has 0 fully saturated rings. The lowest BCUT2D eigenvalue weighted by atomic mass is 10.1. The van der Waals surface area contributed by atoms with Crippen molar-refractivity contribution in [2.24, 2.45) is 0 Å². The third-order valence-corrected chi connectivity index (χ3v) is 3.85. The van der Waals surface area contributed by atoms with Crippen LogP contribution in [0.4, 0.5) is 0 Å². The topological polar surface area (TPSA) is 13.1 Å². The van der Waals surface area contributed by atoms with Gasteiger partial charge in [0.25, 0.3) is 0 Å². The number of fused-ring (bicyclic) bond motifs is 3. The number of rotatable bonds is 0. The Labute approximate surface area is 114 Å². The summed E-state index contributed by atoms with van der Waals surface area (Å²) in [7, 11) is -1.37. The van der Waals surface area contributed by atoms with Gasteiger partial charge in [0.15, 0.2) is 5.58 Å². The molecule has 1 heterocycles. The van der Waals surface area contributed by atoms with Crippen molar-refractivity contribution in [3.63, 3.8) is 0 Å². The van der Waals surface area contributed by atoms with Gasteiger partial charge in [0.1, 0.15) is 13.7 Å². The van der Waals surface area contributed by atoms with Crippen LogP contribution in [0.5, 0.6) is 0 Å². The Hall–Kier alpha value is -1.98. The van der Waals surface area contributed by atoms with Crippen LogP contribution in [-0.4, -0.2) is 8.07 Å². The summed E-state index contributed by atoms with van der Waals surface area (Å²) in [5, 5.41) is 2.31. The summed E-state index contributed by atoms with van der Waals surface area (Å²) in [6.45, 7) is 6.75. The van der Waals surface area contributed by atoms with Crippen molar-refractivity contribution in [1.29, 1.82) is 0 Å². The second-order valence-corrected chi connectivity index (χ2v) is 10.5. The Kier molecular flexibility index (Phi) is 2.73. The van der Waals surface area contributed by atoms with Crippen LogP contribution in [0.25, 0.3) is 21.9 Å². The van der Waals surface area contributed by atoms with Crippen LogP contribution in [0.2, 0.25) is 19.6 Å². The Bertz CT molecular complexity index is 810. The van der Waals surface area contributed by atoms with Gasteiger partial charge < -0.3 is 4.42 Å². The molecule has 0 saturated heterocycles. The molecule has 0 amide bonds. The fourth-order valence-electron chi connectivity index (χ4n) is 2.10. The van der Waals surface area contributed by atoms with Gasteiger partial charge in [0.05, 0.1) is 5.56 Å². The van der Waals surface area contributed by atoms with E-state index in [2.05, 4.69) is 49.3 Å².